The molecule has 0 aliphatic carbocycles. The van der Waals surface area contributed by atoms with Crippen molar-refractivity contribution in [2.24, 2.45) is 5.92 Å². The van der Waals surface area contributed by atoms with Crippen LogP contribution in [-0.2, 0) is 10.0 Å². The predicted octanol–water partition coefficient (Wildman–Crippen LogP) is 4.16. The van der Waals surface area contributed by atoms with Crippen molar-refractivity contribution in [1.29, 1.82) is 0 Å². The van der Waals surface area contributed by atoms with Crippen molar-refractivity contribution in [3.8, 4) is 11.5 Å². The van der Waals surface area contributed by atoms with E-state index >= 15 is 0 Å². The number of nitrogens with zero attached hydrogens (tertiary/aromatic N) is 1. The second kappa shape index (κ2) is 9.60. The number of ether oxygens (including phenoxy) is 2. The third-order valence-corrected chi connectivity index (χ3v) is 6.59. The highest BCUT2D eigenvalue weighted by Gasteiger charge is 2.21. The zero-order chi connectivity index (χ0) is 22.6. The maximum atomic E-state index is 12.8. The summed E-state index contributed by atoms with van der Waals surface area (Å²) in [7, 11) is -2.03. The molecule has 1 amide bonds. The maximum absolute atomic E-state index is 12.8. The summed E-state index contributed by atoms with van der Waals surface area (Å²) in [6.45, 7) is 7.28. The minimum absolute atomic E-state index is 0.0825. The van der Waals surface area contributed by atoms with Crippen molar-refractivity contribution < 1.29 is 22.7 Å². The molecule has 0 spiro atoms. The second-order valence-electron chi connectivity index (χ2n) is 8.24. The molecule has 1 atom stereocenters. The maximum Gasteiger partial charge on any atom is 0.262 e. The smallest absolute Gasteiger partial charge is 0.262 e. The van der Waals surface area contributed by atoms with Gasteiger partial charge in [-0.05, 0) is 55.7 Å². The van der Waals surface area contributed by atoms with E-state index in [0.29, 0.717) is 41.9 Å². The number of fused-ring (bicyclic) bond motifs is 1. The van der Waals surface area contributed by atoms with Gasteiger partial charge in [0.15, 0.2) is 11.5 Å². The number of hydrogen-bond donors (Lipinski definition) is 1. The van der Waals surface area contributed by atoms with Crippen LogP contribution in [0.25, 0.3) is 0 Å². The Morgan fingerprint density at radius 3 is 2.32 bits per heavy atom. The molecule has 1 N–H and O–H groups in total. The van der Waals surface area contributed by atoms with Gasteiger partial charge < -0.3 is 14.4 Å². The summed E-state index contributed by atoms with van der Waals surface area (Å²) in [5.41, 5.74) is 0.887. The Morgan fingerprint density at radius 2 is 1.68 bits per heavy atom. The van der Waals surface area contributed by atoms with Gasteiger partial charge in [-0.1, -0.05) is 13.8 Å². The van der Waals surface area contributed by atoms with E-state index in [-0.39, 0.29) is 16.8 Å². The van der Waals surface area contributed by atoms with Crippen LogP contribution < -0.4 is 14.2 Å². The number of rotatable bonds is 7. The number of carbonyl (C=O) groups is 1. The lowest BCUT2D eigenvalue weighted by molar-refractivity contribution is 0.0728. The van der Waals surface area contributed by atoms with E-state index in [9.17, 15) is 13.2 Å². The fraction of sp³-hybridized carbons (Fsp3) is 0.435. The largest absolute Gasteiger partial charge is 0.490 e. The van der Waals surface area contributed by atoms with Gasteiger partial charge in [0, 0.05) is 36.8 Å². The first-order chi connectivity index (χ1) is 14.7. The zero-order valence-corrected chi connectivity index (χ0v) is 19.2. The first kappa shape index (κ1) is 22.9. The van der Waals surface area contributed by atoms with Crippen molar-refractivity contribution in [2.75, 3.05) is 25.0 Å². The number of benzene rings is 2. The monoisotopic (exact) mass is 446 g/mol. The molecule has 1 unspecified atom stereocenters. The Hall–Kier alpha value is -2.74. The lowest BCUT2D eigenvalue weighted by Gasteiger charge is -2.26. The van der Waals surface area contributed by atoms with E-state index in [1.165, 1.54) is 12.1 Å². The van der Waals surface area contributed by atoms with Gasteiger partial charge in [-0.3, -0.25) is 9.52 Å². The summed E-state index contributed by atoms with van der Waals surface area (Å²) in [5.74, 6) is 1.35. The van der Waals surface area contributed by atoms with Gasteiger partial charge in [0.25, 0.3) is 15.9 Å². The Kier molecular flexibility index (Phi) is 7.10. The molecule has 1 aliphatic heterocycles. The van der Waals surface area contributed by atoms with Crippen LogP contribution >= 0.6 is 0 Å². The molecular weight excluding hydrogens is 416 g/mol. The number of carbonyl (C=O) groups excluding carboxylic acids is 1. The minimum atomic E-state index is -3.82. The van der Waals surface area contributed by atoms with Gasteiger partial charge in [-0.2, -0.15) is 0 Å². The van der Waals surface area contributed by atoms with Gasteiger partial charge in [0.1, 0.15) is 0 Å². The molecule has 0 aromatic heterocycles. The van der Waals surface area contributed by atoms with E-state index in [1.54, 1.807) is 42.3 Å². The van der Waals surface area contributed by atoms with Crippen LogP contribution in [0.2, 0.25) is 0 Å². The normalized spacial score (nSPS) is 14.6. The Bertz CT molecular complexity index is 1020. The summed E-state index contributed by atoms with van der Waals surface area (Å²) in [5, 5.41) is 0. The Labute approximate surface area is 184 Å². The van der Waals surface area contributed by atoms with Crippen molar-refractivity contribution in [3.63, 3.8) is 0 Å². The quantitative estimate of drug-likeness (QED) is 0.690. The van der Waals surface area contributed by atoms with Crippen molar-refractivity contribution in [3.05, 3.63) is 48.0 Å². The molecule has 0 bridgehead atoms. The molecule has 8 heteroatoms. The van der Waals surface area contributed by atoms with E-state index in [4.69, 9.17) is 9.47 Å². The van der Waals surface area contributed by atoms with Crippen molar-refractivity contribution in [1.82, 2.24) is 4.90 Å². The van der Waals surface area contributed by atoms with Crippen LogP contribution in [0.1, 0.15) is 44.0 Å². The molecule has 2 aromatic rings. The van der Waals surface area contributed by atoms with Gasteiger partial charge in [0.2, 0.25) is 0 Å². The lowest BCUT2D eigenvalue weighted by Crippen LogP contribution is -2.35. The van der Waals surface area contributed by atoms with Crippen LogP contribution in [0.15, 0.2) is 47.4 Å². The first-order valence-electron chi connectivity index (χ1n) is 10.5. The third-order valence-electron chi connectivity index (χ3n) is 5.21. The van der Waals surface area contributed by atoms with E-state index < -0.39 is 10.0 Å². The molecule has 7 nitrogen and oxygen atoms in total. The molecule has 1 aliphatic rings. The number of sulfonamides is 1. The lowest BCUT2D eigenvalue weighted by atomic mass is 10.0. The third kappa shape index (κ3) is 5.70. The van der Waals surface area contributed by atoms with Crippen molar-refractivity contribution >= 4 is 21.6 Å². The molecule has 0 saturated heterocycles. The topological polar surface area (TPSA) is 84.9 Å². The van der Waals surface area contributed by atoms with Gasteiger partial charge in [-0.15, -0.1) is 0 Å². The van der Waals surface area contributed by atoms with Crippen LogP contribution in [-0.4, -0.2) is 45.5 Å². The zero-order valence-electron chi connectivity index (χ0n) is 18.4. The summed E-state index contributed by atoms with van der Waals surface area (Å²) in [6.07, 6.45) is 1.65. The second-order valence-corrected chi connectivity index (χ2v) is 9.92. The Balaban J connectivity index is 1.72. The molecule has 168 valence electrons. The molecular formula is C23H30N2O5S. The molecule has 0 radical (unpaired) electrons. The molecule has 0 fully saturated rings. The molecule has 1 heterocycles. The van der Waals surface area contributed by atoms with E-state index in [1.807, 2.05) is 6.92 Å². The SMILES string of the molecule is CC(C)CC(C)N(C)C(=O)c1ccc(NS(=O)(=O)c2ccc3c(c2)OCCCO3)cc1. The first-order valence-corrected chi connectivity index (χ1v) is 12.0. The molecule has 31 heavy (non-hydrogen) atoms. The Morgan fingerprint density at radius 1 is 1.03 bits per heavy atom. The summed E-state index contributed by atoms with van der Waals surface area (Å²) in [6, 6.07) is 11.1. The van der Waals surface area contributed by atoms with E-state index in [0.717, 1.165) is 12.8 Å². The molecule has 2 aromatic carbocycles. The van der Waals surface area contributed by atoms with Gasteiger partial charge >= 0.3 is 0 Å². The van der Waals surface area contributed by atoms with Gasteiger partial charge in [0.05, 0.1) is 18.1 Å². The van der Waals surface area contributed by atoms with Crippen LogP contribution in [0, 0.1) is 5.92 Å². The summed E-state index contributed by atoms with van der Waals surface area (Å²) in [4.78, 5) is 14.5. The number of amides is 1. The standard InChI is InChI=1S/C23H30N2O5S/c1-16(2)14-17(3)25(4)23(26)18-6-8-19(9-7-18)24-31(27,28)20-10-11-21-22(15-20)30-13-5-12-29-21/h6-11,15-17,24H,5,12-14H2,1-4H3. The number of hydrogen-bond acceptors (Lipinski definition) is 5. The highest BCUT2D eigenvalue weighted by Crippen LogP contribution is 2.32. The predicted molar refractivity (Wildman–Crippen MR) is 120 cm³/mol. The van der Waals surface area contributed by atoms with E-state index in [2.05, 4.69) is 18.6 Å². The summed E-state index contributed by atoms with van der Waals surface area (Å²) >= 11 is 0. The molecule has 3 rings (SSSR count). The number of nitrogens with one attached hydrogen (secondary N) is 1. The van der Waals surface area contributed by atoms with Gasteiger partial charge in [-0.25, -0.2) is 8.42 Å². The highest BCUT2D eigenvalue weighted by atomic mass is 32.2. The fourth-order valence-electron chi connectivity index (χ4n) is 3.45. The molecule has 0 saturated carbocycles. The van der Waals surface area contributed by atoms with Crippen LogP contribution in [0.4, 0.5) is 5.69 Å². The minimum Gasteiger partial charge on any atom is -0.490 e. The van der Waals surface area contributed by atoms with Crippen molar-refractivity contribution in [2.45, 2.75) is 44.6 Å². The number of anilines is 1. The highest BCUT2D eigenvalue weighted by molar-refractivity contribution is 7.92. The van der Waals surface area contributed by atoms with Crippen LogP contribution in [0.3, 0.4) is 0 Å². The van der Waals surface area contributed by atoms with Crippen LogP contribution in [0.5, 0.6) is 11.5 Å². The average molecular weight is 447 g/mol. The summed E-state index contributed by atoms with van der Waals surface area (Å²) < 4.78 is 39.3. The average Bonchev–Trinajstić information content (AvgIpc) is 2.97. The fourth-order valence-corrected chi connectivity index (χ4v) is 4.52.